The van der Waals surface area contributed by atoms with Gasteiger partial charge in [0, 0.05) is 0 Å². The zero-order valence-corrected chi connectivity index (χ0v) is 11.6. The van der Waals surface area contributed by atoms with Crippen molar-refractivity contribution in [3.05, 3.63) is 72.8 Å². The Morgan fingerprint density at radius 2 is 0.864 bits per heavy atom. The first kappa shape index (κ1) is 18.7. The second kappa shape index (κ2) is 9.60. The predicted octanol–water partition coefficient (Wildman–Crippen LogP) is 2.98. The Morgan fingerprint density at radius 3 is 1.05 bits per heavy atom. The Morgan fingerprint density at radius 1 is 0.636 bits per heavy atom. The number of aromatic carboxylic acids is 2. The number of phenolic OH excluding ortho intramolecular Hbond substituents is 2. The highest BCUT2D eigenvalue weighted by Gasteiger charge is 2.00. The molecular formula is C16H16O6. The molecule has 2 aromatic rings. The second-order valence-electron chi connectivity index (χ2n) is 3.70. The van der Waals surface area contributed by atoms with Crippen LogP contribution in [0.25, 0.3) is 0 Å². The molecule has 2 rings (SSSR count). The zero-order valence-electron chi connectivity index (χ0n) is 11.6. The monoisotopic (exact) mass is 304 g/mol. The summed E-state index contributed by atoms with van der Waals surface area (Å²) in [5, 5.41) is 34.3. The van der Waals surface area contributed by atoms with Gasteiger partial charge >= 0.3 is 11.9 Å². The van der Waals surface area contributed by atoms with E-state index in [4.69, 9.17) is 20.4 Å². The number of hydrogen-bond donors (Lipinski definition) is 4. The maximum atomic E-state index is 10.2. The van der Waals surface area contributed by atoms with Crippen LogP contribution in [0.1, 0.15) is 20.7 Å². The summed E-state index contributed by atoms with van der Waals surface area (Å²) in [7, 11) is 0. The predicted molar refractivity (Wildman–Crippen MR) is 81.4 cm³/mol. The van der Waals surface area contributed by atoms with Crippen LogP contribution in [0.4, 0.5) is 0 Å². The van der Waals surface area contributed by atoms with Gasteiger partial charge in [0.05, 0.1) is 11.1 Å². The highest BCUT2D eigenvalue weighted by molar-refractivity contribution is 5.88. The first-order chi connectivity index (χ1) is 10.4. The average Bonchev–Trinajstić information content (AvgIpc) is 2.51. The first-order valence-electron chi connectivity index (χ1n) is 5.95. The summed E-state index contributed by atoms with van der Waals surface area (Å²) in [6.45, 7) is 6.00. The van der Waals surface area contributed by atoms with Gasteiger partial charge in [0.25, 0.3) is 0 Å². The fourth-order valence-corrected chi connectivity index (χ4v) is 1.21. The maximum absolute atomic E-state index is 10.2. The summed E-state index contributed by atoms with van der Waals surface area (Å²) in [6.07, 6.45) is 0. The van der Waals surface area contributed by atoms with Crippen LogP contribution in [0.15, 0.2) is 61.7 Å². The van der Waals surface area contributed by atoms with Gasteiger partial charge < -0.3 is 20.4 Å². The van der Waals surface area contributed by atoms with Crippen molar-refractivity contribution < 1.29 is 30.0 Å². The van der Waals surface area contributed by atoms with Gasteiger partial charge in [-0.25, -0.2) is 9.59 Å². The lowest BCUT2D eigenvalue weighted by Gasteiger charge is -1.92. The van der Waals surface area contributed by atoms with Gasteiger partial charge in [0.1, 0.15) is 11.5 Å². The molecule has 0 aliphatic carbocycles. The van der Waals surface area contributed by atoms with Crippen LogP contribution < -0.4 is 0 Å². The van der Waals surface area contributed by atoms with E-state index in [-0.39, 0.29) is 22.6 Å². The molecule has 116 valence electrons. The number of rotatable bonds is 2. The molecule has 2 aromatic carbocycles. The number of carbonyl (C=O) groups is 2. The molecule has 0 unspecified atom stereocenters. The largest absolute Gasteiger partial charge is 0.508 e. The molecule has 0 saturated carbocycles. The Hall–Kier alpha value is -3.28. The summed E-state index contributed by atoms with van der Waals surface area (Å²) in [5.41, 5.74) is 0.357. The third kappa shape index (κ3) is 6.76. The van der Waals surface area contributed by atoms with Gasteiger partial charge in [-0.05, 0) is 48.5 Å². The molecule has 6 nitrogen and oxygen atoms in total. The third-order valence-electron chi connectivity index (χ3n) is 2.23. The van der Waals surface area contributed by atoms with Crippen LogP contribution in [0, 0.1) is 0 Å². The molecule has 0 aliphatic rings. The second-order valence-corrected chi connectivity index (χ2v) is 3.70. The Labute approximate surface area is 127 Å². The van der Waals surface area contributed by atoms with Crippen LogP contribution in [-0.4, -0.2) is 32.4 Å². The van der Waals surface area contributed by atoms with Crippen LogP contribution in [0.5, 0.6) is 11.5 Å². The van der Waals surface area contributed by atoms with Gasteiger partial charge in [-0.3, -0.25) is 0 Å². The zero-order chi connectivity index (χ0) is 17.1. The smallest absolute Gasteiger partial charge is 0.335 e. The minimum absolute atomic E-state index is 0.0741. The SMILES string of the molecule is C=C.O=C(O)c1ccc(O)cc1.O=C(O)c1ccc(O)cc1. The van der Waals surface area contributed by atoms with E-state index in [2.05, 4.69) is 13.2 Å². The lowest BCUT2D eigenvalue weighted by molar-refractivity contribution is 0.0686. The van der Waals surface area contributed by atoms with Crippen molar-refractivity contribution in [1.82, 2.24) is 0 Å². The van der Waals surface area contributed by atoms with E-state index in [1.165, 1.54) is 48.5 Å². The highest BCUT2D eigenvalue weighted by Crippen LogP contribution is 2.09. The van der Waals surface area contributed by atoms with Crippen molar-refractivity contribution >= 4 is 11.9 Å². The number of phenols is 2. The quantitative estimate of drug-likeness (QED) is 0.634. The van der Waals surface area contributed by atoms with Gasteiger partial charge in [0.15, 0.2) is 0 Å². The normalized spacial score (nSPS) is 8.55. The first-order valence-corrected chi connectivity index (χ1v) is 5.95. The number of carboxylic acids is 2. The molecular weight excluding hydrogens is 288 g/mol. The highest BCUT2D eigenvalue weighted by atomic mass is 16.4. The van der Waals surface area contributed by atoms with Gasteiger partial charge in [-0.2, -0.15) is 0 Å². The summed E-state index contributed by atoms with van der Waals surface area (Å²) >= 11 is 0. The van der Waals surface area contributed by atoms with E-state index in [1.54, 1.807) is 0 Å². The summed E-state index contributed by atoms with van der Waals surface area (Å²) in [4.78, 5) is 20.5. The maximum Gasteiger partial charge on any atom is 0.335 e. The molecule has 0 fully saturated rings. The van der Waals surface area contributed by atoms with Gasteiger partial charge in [0.2, 0.25) is 0 Å². The molecule has 0 amide bonds. The molecule has 0 bridgehead atoms. The lowest BCUT2D eigenvalue weighted by Crippen LogP contribution is -1.93. The van der Waals surface area contributed by atoms with E-state index in [1.807, 2.05) is 0 Å². The fraction of sp³-hybridized carbons (Fsp3) is 0. The van der Waals surface area contributed by atoms with Gasteiger partial charge in [-0.15, -0.1) is 13.2 Å². The van der Waals surface area contributed by atoms with Crippen molar-refractivity contribution in [1.29, 1.82) is 0 Å². The topological polar surface area (TPSA) is 115 Å². The molecule has 0 heterocycles. The van der Waals surface area contributed by atoms with Crippen molar-refractivity contribution in [2.45, 2.75) is 0 Å². The van der Waals surface area contributed by atoms with E-state index in [9.17, 15) is 9.59 Å². The van der Waals surface area contributed by atoms with Crippen LogP contribution >= 0.6 is 0 Å². The summed E-state index contributed by atoms with van der Waals surface area (Å²) < 4.78 is 0. The Kier molecular flexibility index (Phi) is 8.17. The molecule has 6 heteroatoms. The number of benzene rings is 2. The molecule has 22 heavy (non-hydrogen) atoms. The van der Waals surface area contributed by atoms with E-state index in [0.29, 0.717) is 0 Å². The van der Waals surface area contributed by atoms with Crippen molar-refractivity contribution in [2.75, 3.05) is 0 Å². The molecule has 0 radical (unpaired) electrons. The molecule has 0 atom stereocenters. The lowest BCUT2D eigenvalue weighted by atomic mass is 10.2. The average molecular weight is 304 g/mol. The van der Waals surface area contributed by atoms with E-state index >= 15 is 0 Å². The van der Waals surface area contributed by atoms with Crippen LogP contribution in [0.2, 0.25) is 0 Å². The number of carboxylic acid groups (broad SMARTS) is 2. The third-order valence-corrected chi connectivity index (χ3v) is 2.23. The minimum Gasteiger partial charge on any atom is -0.508 e. The Bertz CT molecular complexity index is 546. The summed E-state index contributed by atoms with van der Waals surface area (Å²) in [5.74, 6) is -1.82. The van der Waals surface area contributed by atoms with E-state index < -0.39 is 11.9 Å². The molecule has 0 saturated heterocycles. The van der Waals surface area contributed by atoms with Crippen molar-refractivity contribution in [3.8, 4) is 11.5 Å². The molecule has 0 aliphatic heterocycles. The molecule has 0 aromatic heterocycles. The standard InChI is InChI=1S/2C7H6O3.C2H4/c2*8-6-3-1-5(2-4-6)7(9)10;1-2/h2*1-4,8H,(H,9,10);1-2H2. The van der Waals surface area contributed by atoms with Gasteiger partial charge in [-0.1, -0.05) is 0 Å². The molecule has 0 spiro atoms. The fourth-order valence-electron chi connectivity index (χ4n) is 1.21. The minimum atomic E-state index is -0.986. The summed E-state index contributed by atoms with van der Waals surface area (Å²) in [6, 6.07) is 10.7. The number of aromatic hydroxyl groups is 2. The van der Waals surface area contributed by atoms with Crippen LogP contribution in [0.3, 0.4) is 0 Å². The number of hydrogen-bond acceptors (Lipinski definition) is 4. The van der Waals surface area contributed by atoms with Crippen molar-refractivity contribution in [2.24, 2.45) is 0 Å². The van der Waals surface area contributed by atoms with Crippen molar-refractivity contribution in [3.63, 3.8) is 0 Å². The van der Waals surface area contributed by atoms with Crippen LogP contribution in [-0.2, 0) is 0 Å². The molecule has 4 N–H and O–H groups in total. The van der Waals surface area contributed by atoms with E-state index in [0.717, 1.165) is 0 Å². The Balaban J connectivity index is 0.000000360.